The van der Waals surface area contributed by atoms with Crippen LogP contribution in [0.1, 0.15) is 26.2 Å². The molecule has 6 heteroatoms. The maximum Gasteiger partial charge on any atom is 0.260 e. The lowest BCUT2D eigenvalue weighted by molar-refractivity contribution is -0.136. The molecule has 0 aromatic heterocycles. The molecule has 1 heterocycles. The Morgan fingerprint density at radius 1 is 1.32 bits per heavy atom. The maximum absolute atomic E-state index is 12.5. The van der Waals surface area contributed by atoms with Crippen molar-refractivity contribution in [2.24, 2.45) is 0 Å². The van der Waals surface area contributed by atoms with E-state index in [0.717, 1.165) is 38.9 Å². The molecule has 0 aliphatic carbocycles. The summed E-state index contributed by atoms with van der Waals surface area (Å²) in [5.74, 6) is 0.587. The fraction of sp³-hybridized carbons (Fsp3) is 0.562. The second kappa shape index (κ2) is 8.61. The summed E-state index contributed by atoms with van der Waals surface area (Å²) in [4.78, 5) is 14.4. The first-order valence-corrected chi connectivity index (χ1v) is 8.45. The Morgan fingerprint density at radius 2 is 2.05 bits per heavy atom. The van der Waals surface area contributed by atoms with Crippen molar-refractivity contribution in [2.45, 2.75) is 32.2 Å². The minimum atomic E-state index is 0.0276. The molecular weight excluding hydrogens is 323 g/mol. The van der Waals surface area contributed by atoms with Crippen LogP contribution in [0.3, 0.4) is 0 Å². The number of benzene rings is 1. The zero-order chi connectivity index (χ0) is 15.9. The molecule has 1 amide bonds. The lowest BCUT2D eigenvalue weighted by Crippen LogP contribution is -2.48. The summed E-state index contributed by atoms with van der Waals surface area (Å²) in [6, 6.07) is 5.33. The van der Waals surface area contributed by atoms with Crippen LogP contribution in [-0.2, 0) is 4.79 Å². The number of nitrogens with zero attached hydrogens (tertiary/aromatic N) is 1. The molecule has 0 unspecified atom stereocenters. The Kier molecular flexibility index (Phi) is 6.80. The van der Waals surface area contributed by atoms with Crippen molar-refractivity contribution < 1.29 is 9.53 Å². The maximum atomic E-state index is 12.5. The Hall–Kier alpha value is -0.970. The molecule has 1 aromatic rings. The van der Waals surface area contributed by atoms with E-state index in [9.17, 15) is 4.79 Å². The third-order valence-electron chi connectivity index (χ3n) is 3.79. The van der Waals surface area contributed by atoms with Gasteiger partial charge in [-0.2, -0.15) is 0 Å². The number of nitrogens with one attached hydrogen (secondary N) is 1. The smallest absolute Gasteiger partial charge is 0.260 e. The van der Waals surface area contributed by atoms with E-state index in [1.807, 2.05) is 4.90 Å². The summed E-state index contributed by atoms with van der Waals surface area (Å²) < 4.78 is 5.57. The van der Waals surface area contributed by atoms with E-state index >= 15 is 0 Å². The van der Waals surface area contributed by atoms with Gasteiger partial charge in [0, 0.05) is 18.7 Å². The van der Waals surface area contributed by atoms with Crippen LogP contribution in [0, 0.1) is 0 Å². The highest BCUT2D eigenvalue weighted by molar-refractivity contribution is 6.42. The number of hydrogen-bond donors (Lipinski definition) is 1. The molecule has 22 heavy (non-hydrogen) atoms. The second-order valence-electron chi connectivity index (χ2n) is 5.43. The highest BCUT2D eigenvalue weighted by atomic mass is 35.5. The van der Waals surface area contributed by atoms with Crippen molar-refractivity contribution >= 4 is 29.1 Å². The summed E-state index contributed by atoms with van der Waals surface area (Å²) in [7, 11) is 0. The predicted octanol–water partition coefficient (Wildman–Crippen LogP) is 3.36. The zero-order valence-corrected chi connectivity index (χ0v) is 14.3. The Bertz CT molecular complexity index is 505. The summed E-state index contributed by atoms with van der Waals surface area (Å²) in [5, 5.41) is 4.22. The normalized spacial score (nSPS) is 15.6. The third-order valence-corrected chi connectivity index (χ3v) is 4.53. The van der Waals surface area contributed by atoms with Gasteiger partial charge in [-0.3, -0.25) is 4.79 Å². The number of carbonyl (C=O) groups is 1. The quantitative estimate of drug-likeness (QED) is 0.860. The van der Waals surface area contributed by atoms with Gasteiger partial charge in [-0.25, -0.2) is 0 Å². The van der Waals surface area contributed by atoms with E-state index in [1.54, 1.807) is 18.2 Å². The first-order chi connectivity index (χ1) is 10.6. The second-order valence-corrected chi connectivity index (χ2v) is 6.25. The van der Waals surface area contributed by atoms with Crippen molar-refractivity contribution in [3.05, 3.63) is 28.2 Å². The Labute approximate surface area is 141 Å². The highest BCUT2D eigenvalue weighted by Crippen LogP contribution is 2.26. The molecule has 1 aliphatic heterocycles. The number of ether oxygens (including phenoxy) is 1. The summed E-state index contributed by atoms with van der Waals surface area (Å²) in [6.07, 6.45) is 2.94. The van der Waals surface area contributed by atoms with Gasteiger partial charge < -0.3 is 15.0 Å². The van der Waals surface area contributed by atoms with Gasteiger partial charge in [-0.05, 0) is 44.5 Å². The molecule has 122 valence electrons. The van der Waals surface area contributed by atoms with Crippen LogP contribution in [-0.4, -0.2) is 43.1 Å². The van der Waals surface area contributed by atoms with Crippen LogP contribution in [0.2, 0.25) is 10.0 Å². The first kappa shape index (κ1) is 17.4. The van der Waals surface area contributed by atoms with Gasteiger partial charge in [-0.1, -0.05) is 30.1 Å². The van der Waals surface area contributed by atoms with E-state index in [2.05, 4.69) is 12.2 Å². The Morgan fingerprint density at radius 3 is 2.68 bits per heavy atom. The molecule has 4 nitrogen and oxygen atoms in total. The van der Waals surface area contributed by atoms with Crippen LogP contribution in [0.25, 0.3) is 0 Å². The van der Waals surface area contributed by atoms with E-state index in [0.29, 0.717) is 21.8 Å². The summed E-state index contributed by atoms with van der Waals surface area (Å²) >= 11 is 11.8. The molecule has 0 saturated carbocycles. The Balaban J connectivity index is 1.93. The predicted molar refractivity (Wildman–Crippen MR) is 89.9 cm³/mol. The molecule has 0 bridgehead atoms. The minimum absolute atomic E-state index is 0.0276. The number of halogens is 2. The van der Waals surface area contributed by atoms with Crippen molar-refractivity contribution in [1.29, 1.82) is 0 Å². The van der Waals surface area contributed by atoms with E-state index in [4.69, 9.17) is 27.9 Å². The zero-order valence-electron chi connectivity index (χ0n) is 12.8. The molecule has 1 aromatic carbocycles. The van der Waals surface area contributed by atoms with Crippen LogP contribution < -0.4 is 10.1 Å². The van der Waals surface area contributed by atoms with E-state index < -0.39 is 0 Å². The lowest BCUT2D eigenvalue weighted by Gasteiger charge is -2.34. The number of amides is 1. The molecule has 1 aliphatic rings. The molecule has 0 atom stereocenters. The van der Waals surface area contributed by atoms with Gasteiger partial charge in [0.2, 0.25) is 0 Å². The number of piperidine rings is 1. The first-order valence-electron chi connectivity index (χ1n) is 7.70. The van der Waals surface area contributed by atoms with E-state index in [1.165, 1.54) is 0 Å². The van der Waals surface area contributed by atoms with Crippen LogP contribution >= 0.6 is 23.2 Å². The van der Waals surface area contributed by atoms with Crippen LogP contribution in [0.5, 0.6) is 5.75 Å². The van der Waals surface area contributed by atoms with Gasteiger partial charge in [-0.15, -0.1) is 0 Å². The molecule has 0 radical (unpaired) electrons. The van der Waals surface area contributed by atoms with Crippen molar-refractivity contribution in [3.63, 3.8) is 0 Å². The van der Waals surface area contributed by atoms with Crippen LogP contribution in [0.15, 0.2) is 18.2 Å². The van der Waals surface area contributed by atoms with Gasteiger partial charge in [0.05, 0.1) is 10.0 Å². The standard InChI is InChI=1S/C16H22Cl2N2O2/c1-2-9-20(12-5-7-19-8-6-12)16(21)11-22-13-3-4-14(17)15(18)10-13/h3-4,10,12,19H,2,5-9,11H2,1H3. The number of hydrogen-bond acceptors (Lipinski definition) is 3. The fourth-order valence-electron chi connectivity index (χ4n) is 2.66. The fourth-order valence-corrected chi connectivity index (χ4v) is 2.95. The van der Waals surface area contributed by atoms with Gasteiger partial charge in [0.25, 0.3) is 5.91 Å². The average molecular weight is 345 g/mol. The molecular formula is C16H22Cl2N2O2. The van der Waals surface area contributed by atoms with Crippen molar-refractivity contribution in [2.75, 3.05) is 26.2 Å². The number of carbonyl (C=O) groups excluding carboxylic acids is 1. The number of rotatable bonds is 6. The van der Waals surface area contributed by atoms with Gasteiger partial charge in [0.15, 0.2) is 6.61 Å². The largest absolute Gasteiger partial charge is 0.484 e. The average Bonchev–Trinajstić information content (AvgIpc) is 2.54. The third kappa shape index (κ3) is 4.77. The van der Waals surface area contributed by atoms with Crippen molar-refractivity contribution in [3.8, 4) is 5.75 Å². The highest BCUT2D eigenvalue weighted by Gasteiger charge is 2.24. The molecule has 0 spiro atoms. The lowest BCUT2D eigenvalue weighted by atomic mass is 10.0. The molecule has 1 saturated heterocycles. The monoisotopic (exact) mass is 344 g/mol. The van der Waals surface area contributed by atoms with Crippen molar-refractivity contribution in [1.82, 2.24) is 10.2 Å². The van der Waals surface area contributed by atoms with Gasteiger partial charge in [0.1, 0.15) is 5.75 Å². The summed E-state index contributed by atoms with van der Waals surface area (Å²) in [6.45, 7) is 4.81. The molecule has 2 rings (SSSR count). The topological polar surface area (TPSA) is 41.6 Å². The van der Waals surface area contributed by atoms with Gasteiger partial charge >= 0.3 is 0 Å². The molecule has 1 N–H and O–H groups in total. The molecule has 1 fully saturated rings. The SMILES string of the molecule is CCCN(C(=O)COc1ccc(Cl)c(Cl)c1)C1CCNCC1. The minimum Gasteiger partial charge on any atom is -0.484 e. The van der Waals surface area contributed by atoms with E-state index in [-0.39, 0.29) is 12.5 Å². The van der Waals surface area contributed by atoms with Crippen LogP contribution in [0.4, 0.5) is 0 Å². The summed E-state index contributed by atoms with van der Waals surface area (Å²) in [5.41, 5.74) is 0.